The van der Waals surface area contributed by atoms with Gasteiger partial charge in [0.15, 0.2) is 6.61 Å². The first kappa shape index (κ1) is 23.4. The third-order valence-corrected chi connectivity index (χ3v) is 8.24. The summed E-state index contributed by atoms with van der Waals surface area (Å²) in [6.07, 6.45) is 4.81. The first-order valence-electron chi connectivity index (χ1n) is 11.2. The van der Waals surface area contributed by atoms with Gasteiger partial charge < -0.3 is 14.4 Å². The van der Waals surface area contributed by atoms with Crippen LogP contribution < -0.4 is 9.46 Å². The highest BCUT2D eigenvalue weighted by Gasteiger charge is 2.50. The van der Waals surface area contributed by atoms with Crippen LogP contribution in [-0.2, 0) is 19.6 Å². The second-order valence-corrected chi connectivity index (χ2v) is 10.8. The van der Waals surface area contributed by atoms with Gasteiger partial charge in [0.2, 0.25) is 0 Å². The lowest BCUT2D eigenvalue weighted by molar-refractivity contribution is -0.136. The van der Waals surface area contributed by atoms with E-state index in [9.17, 15) is 26.4 Å². The molecule has 4 heterocycles. The van der Waals surface area contributed by atoms with Gasteiger partial charge in [0.1, 0.15) is 5.75 Å². The number of amides is 1. The van der Waals surface area contributed by atoms with Crippen molar-refractivity contribution in [2.75, 3.05) is 19.8 Å². The molecule has 186 valence electrons. The Labute approximate surface area is 194 Å². The van der Waals surface area contributed by atoms with Crippen LogP contribution in [-0.4, -0.2) is 72.9 Å². The van der Waals surface area contributed by atoms with Crippen LogP contribution in [0.1, 0.15) is 43.6 Å². The molecule has 3 aliphatic heterocycles. The summed E-state index contributed by atoms with van der Waals surface area (Å²) < 4.78 is 76.0. The third kappa shape index (κ3) is 4.36. The summed E-state index contributed by atoms with van der Waals surface area (Å²) in [5, 5.41) is 7.90. The number of hydrogen-bond donors (Lipinski definition) is 2. The van der Waals surface area contributed by atoms with Gasteiger partial charge in [0, 0.05) is 24.0 Å². The van der Waals surface area contributed by atoms with Crippen molar-refractivity contribution in [3.63, 3.8) is 0 Å². The Morgan fingerprint density at radius 2 is 1.91 bits per heavy atom. The summed E-state index contributed by atoms with van der Waals surface area (Å²) in [7, 11) is -5.56. The predicted octanol–water partition coefficient (Wildman–Crippen LogP) is 2.41. The van der Waals surface area contributed by atoms with Gasteiger partial charge in [0.05, 0.1) is 30.5 Å². The second-order valence-electron chi connectivity index (χ2n) is 9.06. The fourth-order valence-corrected chi connectivity index (χ4v) is 6.01. The average Bonchev–Trinajstić information content (AvgIpc) is 3.40. The summed E-state index contributed by atoms with van der Waals surface area (Å²) >= 11 is 0. The van der Waals surface area contributed by atoms with Crippen molar-refractivity contribution >= 4 is 26.8 Å². The molecule has 34 heavy (non-hydrogen) atoms. The van der Waals surface area contributed by atoms with Crippen molar-refractivity contribution in [3.8, 4) is 5.75 Å². The number of carbonyl (C=O) groups is 1. The maximum Gasteiger partial charge on any atom is 0.511 e. The minimum Gasteiger partial charge on any atom is -0.483 e. The van der Waals surface area contributed by atoms with E-state index in [-0.39, 0.29) is 38.2 Å². The maximum atomic E-state index is 13.0. The van der Waals surface area contributed by atoms with Gasteiger partial charge in [-0.15, -0.1) is 0 Å². The van der Waals surface area contributed by atoms with Gasteiger partial charge in [-0.05, 0) is 49.7 Å². The van der Waals surface area contributed by atoms with Gasteiger partial charge in [0.25, 0.3) is 5.91 Å². The number of fused-ring (bicyclic) bond motifs is 6. The molecule has 1 aliphatic carbocycles. The topological polar surface area (TPSA) is 114 Å². The number of carbonyl (C=O) groups excluding carboxylic acids is 1. The molecule has 1 aromatic heterocycles. The molecule has 1 saturated heterocycles. The van der Waals surface area contributed by atoms with E-state index in [1.165, 1.54) is 4.90 Å². The van der Waals surface area contributed by atoms with Gasteiger partial charge >= 0.3 is 15.5 Å². The Bertz CT molecular complexity index is 1180. The fraction of sp³-hybridized carbons (Fsp3) is 0.619. The van der Waals surface area contributed by atoms with Gasteiger partial charge in [-0.1, -0.05) is 0 Å². The number of aromatic nitrogens is 2. The zero-order valence-electron chi connectivity index (χ0n) is 18.2. The average molecular weight is 503 g/mol. The predicted molar refractivity (Wildman–Crippen MR) is 115 cm³/mol. The van der Waals surface area contributed by atoms with Crippen LogP contribution in [0, 0.1) is 0 Å². The van der Waals surface area contributed by atoms with E-state index < -0.39 is 33.5 Å². The molecular weight excluding hydrogens is 477 g/mol. The summed E-state index contributed by atoms with van der Waals surface area (Å²) in [5.41, 5.74) is -3.67. The van der Waals surface area contributed by atoms with Crippen molar-refractivity contribution in [2.24, 2.45) is 0 Å². The summed E-state index contributed by atoms with van der Waals surface area (Å²) in [6.45, 7) is -0.271. The number of sulfonamides is 1. The molecule has 4 aliphatic rings. The highest BCUT2D eigenvalue weighted by molar-refractivity contribution is 7.90. The summed E-state index contributed by atoms with van der Waals surface area (Å²) in [6, 6.07) is 1.87. The van der Waals surface area contributed by atoms with Gasteiger partial charge in [-0.2, -0.15) is 18.3 Å². The quantitative estimate of drug-likeness (QED) is 0.652. The lowest BCUT2D eigenvalue weighted by atomic mass is 9.82. The molecule has 0 unspecified atom stereocenters. The molecule has 2 fully saturated rings. The number of hydrogen-bond acceptors (Lipinski definition) is 6. The molecule has 1 saturated carbocycles. The highest BCUT2D eigenvalue weighted by atomic mass is 32.2. The Balaban J connectivity index is 1.43. The van der Waals surface area contributed by atoms with E-state index >= 15 is 0 Å². The van der Waals surface area contributed by atoms with Crippen molar-refractivity contribution < 1.29 is 35.9 Å². The first-order valence-corrected chi connectivity index (χ1v) is 12.7. The Morgan fingerprint density at radius 3 is 2.65 bits per heavy atom. The molecule has 9 nitrogen and oxygen atoms in total. The molecule has 6 rings (SSSR count). The van der Waals surface area contributed by atoms with E-state index in [0.29, 0.717) is 5.75 Å². The van der Waals surface area contributed by atoms with Crippen LogP contribution in [0.15, 0.2) is 18.3 Å². The normalized spacial score (nSPS) is 28.6. The lowest BCUT2D eigenvalue weighted by Crippen LogP contribution is -2.52. The van der Waals surface area contributed by atoms with Crippen LogP contribution in [0.5, 0.6) is 5.75 Å². The molecular formula is C21H25F3N4O5S. The van der Waals surface area contributed by atoms with Gasteiger partial charge in [-0.25, -0.2) is 13.1 Å². The maximum absolute atomic E-state index is 13.0. The van der Waals surface area contributed by atoms with Crippen LogP contribution >= 0.6 is 0 Å². The van der Waals surface area contributed by atoms with E-state index in [1.807, 2.05) is 12.1 Å². The standard InChI is InChI=1S/C21H25F3N4O5S/c22-21(23,24)34(30,31)27-16-5-6-28-18(16)10-32-14-3-1-12(2-4-14)15-7-13-9-25-26-17(13)8-19(15)33-11-20(28)29/h7-9,12,14,16,18,27H,1-6,10-11H2,(H,25,26)/t12?,14?,16-,18-/m0/s1. The Kier molecular flexibility index (Phi) is 5.97. The molecule has 13 heteroatoms. The number of nitrogens with zero attached hydrogens (tertiary/aromatic N) is 2. The molecule has 1 amide bonds. The van der Waals surface area contributed by atoms with E-state index in [4.69, 9.17) is 9.47 Å². The van der Waals surface area contributed by atoms with E-state index in [1.54, 1.807) is 10.9 Å². The molecule has 1 aromatic carbocycles. The number of benzene rings is 1. The van der Waals surface area contributed by atoms with Crippen LogP contribution in [0.4, 0.5) is 13.2 Å². The lowest BCUT2D eigenvalue weighted by Gasteiger charge is -2.32. The third-order valence-electron chi connectivity index (χ3n) is 7.02. The minimum absolute atomic E-state index is 0.0479. The number of H-pyrrole nitrogens is 1. The Morgan fingerprint density at radius 1 is 1.15 bits per heavy atom. The summed E-state index contributed by atoms with van der Waals surface area (Å²) in [5.74, 6) is 0.347. The Hall–Kier alpha value is -2.38. The van der Waals surface area contributed by atoms with Crippen molar-refractivity contribution in [1.29, 1.82) is 0 Å². The molecule has 2 aromatic rings. The van der Waals surface area contributed by atoms with E-state index in [0.717, 1.165) is 42.1 Å². The van der Waals surface area contributed by atoms with Crippen molar-refractivity contribution in [2.45, 2.75) is 61.7 Å². The minimum atomic E-state index is -5.56. The van der Waals surface area contributed by atoms with Crippen LogP contribution in [0.3, 0.4) is 0 Å². The number of aromatic amines is 1. The van der Waals surface area contributed by atoms with Gasteiger partial charge in [-0.3, -0.25) is 9.89 Å². The molecule has 0 radical (unpaired) electrons. The summed E-state index contributed by atoms with van der Waals surface area (Å²) in [4.78, 5) is 14.4. The molecule has 2 N–H and O–H groups in total. The fourth-order valence-electron chi connectivity index (χ4n) is 5.20. The smallest absolute Gasteiger partial charge is 0.483 e. The molecule has 2 bridgehead atoms. The largest absolute Gasteiger partial charge is 0.511 e. The molecule has 2 atom stereocenters. The molecule has 0 spiro atoms. The number of ether oxygens (including phenoxy) is 2. The zero-order valence-corrected chi connectivity index (χ0v) is 19.0. The van der Waals surface area contributed by atoms with E-state index in [2.05, 4.69) is 10.2 Å². The van der Waals surface area contributed by atoms with Crippen LogP contribution in [0.2, 0.25) is 0 Å². The SMILES string of the molecule is O=C1COc2cc3[nH]ncc3cc2C2CCC(CC2)OC[C@H]2[C@@H](NS(=O)(=O)C(F)(F)F)CCN12. The second kappa shape index (κ2) is 8.68. The number of alkyl halides is 3. The first-order chi connectivity index (χ1) is 16.1. The monoisotopic (exact) mass is 502 g/mol. The van der Waals surface area contributed by atoms with Crippen molar-refractivity contribution in [3.05, 3.63) is 23.9 Å². The highest BCUT2D eigenvalue weighted by Crippen LogP contribution is 2.40. The number of halogens is 3. The number of rotatable bonds is 2. The zero-order chi connectivity index (χ0) is 24.1. The number of nitrogens with one attached hydrogen (secondary N) is 2. The van der Waals surface area contributed by atoms with Crippen molar-refractivity contribution in [1.82, 2.24) is 19.8 Å². The van der Waals surface area contributed by atoms with Crippen LogP contribution in [0.25, 0.3) is 10.9 Å².